The third-order valence-corrected chi connectivity index (χ3v) is 7.87. The third-order valence-electron chi connectivity index (χ3n) is 5.96. The van der Waals surface area contributed by atoms with Crippen LogP contribution in [-0.2, 0) is 16.6 Å². The third kappa shape index (κ3) is 4.33. The topological polar surface area (TPSA) is 75.5 Å². The lowest BCUT2D eigenvalue weighted by atomic mass is 10.1. The van der Waals surface area contributed by atoms with Crippen molar-refractivity contribution < 1.29 is 13.2 Å². The first-order chi connectivity index (χ1) is 15.3. The van der Waals surface area contributed by atoms with Crippen LogP contribution in [0.2, 0.25) is 0 Å². The van der Waals surface area contributed by atoms with Gasteiger partial charge in [0.15, 0.2) is 0 Å². The van der Waals surface area contributed by atoms with Crippen molar-refractivity contribution >= 4 is 15.9 Å². The maximum absolute atomic E-state index is 13.3. The zero-order chi connectivity index (χ0) is 22.9. The summed E-state index contributed by atoms with van der Waals surface area (Å²) >= 11 is 0. The van der Waals surface area contributed by atoms with E-state index in [0.717, 1.165) is 16.8 Å². The number of aromatic nitrogens is 2. The number of aryl methyl sites for hydroxylation is 2. The highest BCUT2D eigenvalue weighted by molar-refractivity contribution is 7.89. The molecule has 7 nitrogen and oxygen atoms in total. The van der Waals surface area contributed by atoms with E-state index in [9.17, 15) is 13.2 Å². The van der Waals surface area contributed by atoms with Gasteiger partial charge in [0.25, 0.3) is 5.91 Å². The van der Waals surface area contributed by atoms with Gasteiger partial charge in [-0.3, -0.25) is 9.48 Å². The molecule has 0 radical (unpaired) electrons. The fraction of sp³-hybridized carbons (Fsp3) is 0.333. The highest BCUT2D eigenvalue weighted by Gasteiger charge is 2.32. The van der Waals surface area contributed by atoms with Gasteiger partial charge in [-0.15, -0.1) is 0 Å². The normalized spacial score (nSPS) is 15.2. The lowest BCUT2D eigenvalue weighted by Crippen LogP contribution is -2.50. The van der Waals surface area contributed by atoms with E-state index in [-0.39, 0.29) is 23.9 Å². The van der Waals surface area contributed by atoms with E-state index in [2.05, 4.69) is 5.10 Å². The Bertz CT molecular complexity index is 1210. The Morgan fingerprint density at radius 2 is 1.53 bits per heavy atom. The van der Waals surface area contributed by atoms with E-state index >= 15 is 0 Å². The van der Waals surface area contributed by atoms with Crippen molar-refractivity contribution in [1.29, 1.82) is 0 Å². The first kappa shape index (κ1) is 22.2. The van der Waals surface area contributed by atoms with Gasteiger partial charge in [0.05, 0.1) is 22.7 Å². The Morgan fingerprint density at radius 3 is 2.16 bits per heavy atom. The molecule has 0 saturated carbocycles. The van der Waals surface area contributed by atoms with E-state index < -0.39 is 10.0 Å². The molecule has 1 aliphatic heterocycles. The van der Waals surface area contributed by atoms with Crippen molar-refractivity contribution in [2.45, 2.75) is 32.2 Å². The molecule has 1 saturated heterocycles. The van der Waals surface area contributed by atoms with Crippen molar-refractivity contribution in [2.75, 3.05) is 26.2 Å². The Kier molecular flexibility index (Phi) is 6.17. The number of amides is 1. The van der Waals surface area contributed by atoms with Crippen molar-refractivity contribution in [1.82, 2.24) is 19.0 Å². The molecule has 0 atom stereocenters. The van der Waals surface area contributed by atoms with Gasteiger partial charge >= 0.3 is 0 Å². The molecule has 4 rings (SSSR count). The fourth-order valence-electron chi connectivity index (χ4n) is 4.07. The minimum atomic E-state index is -3.56. The summed E-state index contributed by atoms with van der Waals surface area (Å²) in [5.74, 6) is -0.0910. The summed E-state index contributed by atoms with van der Waals surface area (Å²) in [6.45, 7) is 7.54. The molecule has 2 heterocycles. The molecule has 0 N–H and O–H groups in total. The van der Waals surface area contributed by atoms with Crippen LogP contribution >= 0.6 is 0 Å². The number of rotatable bonds is 5. The smallest absolute Gasteiger partial charge is 0.257 e. The number of sulfonamides is 1. The lowest BCUT2D eigenvalue weighted by molar-refractivity contribution is 0.0696. The van der Waals surface area contributed by atoms with Crippen LogP contribution in [0.4, 0.5) is 0 Å². The molecule has 1 aromatic heterocycles. The second-order valence-corrected chi connectivity index (χ2v) is 10.1. The predicted octanol–water partition coefficient (Wildman–Crippen LogP) is 3.00. The molecule has 8 heteroatoms. The second kappa shape index (κ2) is 8.88. The monoisotopic (exact) mass is 452 g/mol. The minimum Gasteiger partial charge on any atom is -0.336 e. The largest absolute Gasteiger partial charge is 0.336 e. The zero-order valence-corrected chi connectivity index (χ0v) is 19.5. The molecule has 0 bridgehead atoms. The van der Waals surface area contributed by atoms with Gasteiger partial charge in [0.1, 0.15) is 0 Å². The number of carbonyl (C=O) groups is 1. The molecular formula is C24H28N4O3S. The van der Waals surface area contributed by atoms with Gasteiger partial charge in [0, 0.05) is 31.9 Å². The summed E-state index contributed by atoms with van der Waals surface area (Å²) in [5, 5.41) is 4.59. The average Bonchev–Trinajstić information content (AvgIpc) is 3.07. The predicted molar refractivity (Wildman–Crippen MR) is 123 cm³/mol. The molecule has 3 aromatic rings. The van der Waals surface area contributed by atoms with Crippen LogP contribution in [-0.4, -0.2) is 59.5 Å². The minimum absolute atomic E-state index is 0.0910. The van der Waals surface area contributed by atoms with Crippen LogP contribution in [0.1, 0.15) is 32.9 Å². The molecule has 0 unspecified atom stereocenters. The van der Waals surface area contributed by atoms with Crippen LogP contribution in [0.5, 0.6) is 0 Å². The van der Waals surface area contributed by atoms with E-state index in [4.69, 9.17) is 0 Å². The van der Waals surface area contributed by atoms with Crippen LogP contribution in [0.15, 0.2) is 59.5 Å². The fourth-order valence-corrected chi connectivity index (χ4v) is 5.49. The molecule has 0 spiro atoms. The van der Waals surface area contributed by atoms with Crippen molar-refractivity contribution in [2.24, 2.45) is 0 Å². The van der Waals surface area contributed by atoms with Gasteiger partial charge in [-0.25, -0.2) is 8.42 Å². The molecular weight excluding hydrogens is 424 g/mol. The van der Waals surface area contributed by atoms with E-state index in [1.807, 2.05) is 55.8 Å². The van der Waals surface area contributed by atoms with Gasteiger partial charge in [-0.2, -0.15) is 9.40 Å². The average molecular weight is 453 g/mol. The number of nitrogens with zero attached hydrogens (tertiary/aromatic N) is 4. The number of carbonyl (C=O) groups excluding carboxylic acids is 1. The summed E-state index contributed by atoms with van der Waals surface area (Å²) in [5.41, 5.74) is 4.25. The quantitative estimate of drug-likeness (QED) is 0.596. The molecule has 1 aliphatic rings. The lowest BCUT2D eigenvalue weighted by Gasteiger charge is -2.34. The van der Waals surface area contributed by atoms with Gasteiger partial charge in [-0.05, 0) is 38.5 Å². The standard InChI is InChI=1S/C24H28N4O3S/c1-18-9-11-22(12-10-18)32(30,31)27-15-13-26(14-16-27)24(29)23-19(2)25-28(20(23)3)17-21-7-5-4-6-8-21/h4-12H,13-17H2,1-3H3. The maximum atomic E-state index is 13.3. The zero-order valence-electron chi connectivity index (χ0n) is 18.7. The maximum Gasteiger partial charge on any atom is 0.257 e. The molecule has 32 heavy (non-hydrogen) atoms. The Morgan fingerprint density at radius 1 is 0.906 bits per heavy atom. The van der Waals surface area contributed by atoms with Gasteiger partial charge < -0.3 is 4.90 Å². The summed E-state index contributed by atoms with van der Waals surface area (Å²) < 4.78 is 29.2. The van der Waals surface area contributed by atoms with Crippen LogP contribution in [0.25, 0.3) is 0 Å². The highest BCUT2D eigenvalue weighted by Crippen LogP contribution is 2.21. The summed E-state index contributed by atoms with van der Waals surface area (Å²) in [4.78, 5) is 15.3. The second-order valence-electron chi connectivity index (χ2n) is 8.20. The molecule has 0 aliphatic carbocycles. The van der Waals surface area contributed by atoms with Crippen molar-refractivity contribution in [3.8, 4) is 0 Å². The summed E-state index contributed by atoms with van der Waals surface area (Å²) in [7, 11) is -3.56. The Labute approximate surface area is 189 Å². The number of piperazine rings is 1. The molecule has 1 amide bonds. The Hall–Kier alpha value is -2.97. The van der Waals surface area contributed by atoms with E-state index in [1.54, 1.807) is 29.2 Å². The van der Waals surface area contributed by atoms with Crippen molar-refractivity contribution in [3.63, 3.8) is 0 Å². The van der Waals surface area contributed by atoms with E-state index in [0.29, 0.717) is 30.9 Å². The van der Waals surface area contributed by atoms with Crippen molar-refractivity contribution in [3.05, 3.63) is 82.7 Å². The number of benzene rings is 2. The van der Waals surface area contributed by atoms with Gasteiger partial charge in [0.2, 0.25) is 10.0 Å². The van der Waals surface area contributed by atoms with Crippen LogP contribution < -0.4 is 0 Å². The molecule has 2 aromatic carbocycles. The number of hydrogen-bond donors (Lipinski definition) is 0. The van der Waals surface area contributed by atoms with Crippen LogP contribution in [0.3, 0.4) is 0 Å². The highest BCUT2D eigenvalue weighted by atomic mass is 32.2. The van der Waals surface area contributed by atoms with Gasteiger partial charge in [-0.1, -0.05) is 48.0 Å². The van der Waals surface area contributed by atoms with Crippen LogP contribution in [0, 0.1) is 20.8 Å². The number of hydrogen-bond acceptors (Lipinski definition) is 4. The summed E-state index contributed by atoms with van der Waals surface area (Å²) in [6.07, 6.45) is 0. The Balaban J connectivity index is 1.46. The SMILES string of the molecule is Cc1ccc(S(=O)(=O)N2CCN(C(=O)c3c(C)nn(Cc4ccccc4)c3C)CC2)cc1. The summed E-state index contributed by atoms with van der Waals surface area (Å²) in [6, 6.07) is 16.9. The molecule has 1 fully saturated rings. The first-order valence-corrected chi connectivity index (χ1v) is 12.2. The first-order valence-electron chi connectivity index (χ1n) is 10.7. The molecule has 168 valence electrons. The van der Waals surface area contributed by atoms with E-state index in [1.165, 1.54) is 4.31 Å².